The van der Waals surface area contributed by atoms with Crippen LogP contribution in [0.4, 0.5) is 0 Å². The first-order valence-corrected chi connectivity index (χ1v) is 7.23. The third-order valence-electron chi connectivity index (χ3n) is 2.92. The van der Waals surface area contributed by atoms with E-state index in [-0.39, 0.29) is 18.4 Å². The lowest BCUT2D eigenvalue weighted by Gasteiger charge is -2.16. The number of rotatable bonds is 12. The summed E-state index contributed by atoms with van der Waals surface area (Å²) >= 11 is 0. The normalized spacial score (nSPS) is 10.6. The largest absolute Gasteiger partial charge is 0.396 e. The van der Waals surface area contributed by atoms with Gasteiger partial charge in [-0.2, -0.15) is 0 Å². The van der Waals surface area contributed by atoms with Gasteiger partial charge in [0.1, 0.15) is 5.92 Å². The maximum atomic E-state index is 11.9. The van der Waals surface area contributed by atoms with E-state index in [2.05, 4.69) is 10.6 Å². The molecule has 7 heteroatoms. The van der Waals surface area contributed by atoms with E-state index in [1.807, 2.05) is 0 Å². The number of hydrogen-bond acceptors (Lipinski definition) is 5. The summed E-state index contributed by atoms with van der Waals surface area (Å²) in [5.41, 5.74) is 10.7. The van der Waals surface area contributed by atoms with Crippen molar-refractivity contribution in [2.45, 2.75) is 32.1 Å². The third kappa shape index (κ3) is 8.84. The SMILES string of the molecule is NCCNC(=O)C(CCCCCCO)C(=O)NCCN. The van der Waals surface area contributed by atoms with Crippen LogP contribution in [-0.4, -0.2) is 49.7 Å². The molecule has 7 N–H and O–H groups in total. The number of amides is 2. The number of nitrogens with two attached hydrogens (primary N) is 2. The van der Waals surface area contributed by atoms with E-state index in [1.165, 1.54) is 0 Å². The molecule has 0 aromatic heterocycles. The predicted octanol–water partition coefficient (Wildman–Crippen LogP) is -1.30. The Morgan fingerprint density at radius 3 is 1.85 bits per heavy atom. The standard InChI is InChI=1S/C13H28N4O3/c14-6-8-16-12(19)11(13(20)17-9-7-15)5-3-1-2-4-10-18/h11,18H,1-10,14-15H2,(H,16,19)(H,17,20). The van der Waals surface area contributed by atoms with Gasteiger partial charge >= 0.3 is 0 Å². The van der Waals surface area contributed by atoms with Crippen LogP contribution >= 0.6 is 0 Å². The number of unbranched alkanes of at least 4 members (excludes halogenated alkanes) is 3. The molecule has 7 nitrogen and oxygen atoms in total. The van der Waals surface area contributed by atoms with E-state index < -0.39 is 5.92 Å². The molecule has 0 atom stereocenters. The van der Waals surface area contributed by atoms with Gasteiger partial charge in [-0.1, -0.05) is 19.3 Å². The Morgan fingerprint density at radius 1 is 0.900 bits per heavy atom. The minimum Gasteiger partial charge on any atom is -0.396 e. The van der Waals surface area contributed by atoms with E-state index in [0.29, 0.717) is 32.6 Å². The van der Waals surface area contributed by atoms with Gasteiger partial charge in [0.05, 0.1) is 0 Å². The van der Waals surface area contributed by atoms with E-state index in [0.717, 1.165) is 25.7 Å². The average Bonchev–Trinajstić information content (AvgIpc) is 2.46. The molecule has 0 aromatic rings. The van der Waals surface area contributed by atoms with Crippen LogP contribution in [0, 0.1) is 5.92 Å². The van der Waals surface area contributed by atoms with Gasteiger partial charge in [0, 0.05) is 32.8 Å². The fourth-order valence-corrected chi connectivity index (χ4v) is 1.83. The molecule has 0 saturated carbocycles. The van der Waals surface area contributed by atoms with Crippen molar-refractivity contribution in [3.8, 4) is 0 Å². The zero-order chi connectivity index (χ0) is 15.2. The molecule has 0 heterocycles. The van der Waals surface area contributed by atoms with Gasteiger partial charge in [0.2, 0.25) is 11.8 Å². The van der Waals surface area contributed by atoms with Crippen molar-refractivity contribution in [3.05, 3.63) is 0 Å². The van der Waals surface area contributed by atoms with Gasteiger partial charge in [-0.3, -0.25) is 9.59 Å². The zero-order valence-electron chi connectivity index (χ0n) is 12.1. The van der Waals surface area contributed by atoms with Gasteiger partial charge < -0.3 is 27.2 Å². The Morgan fingerprint density at radius 2 is 1.40 bits per heavy atom. The summed E-state index contributed by atoms with van der Waals surface area (Å²) in [6.07, 6.45) is 3.82. The number of hydrogen-bond donors (Lipinski definition) is 5. The first-order chi connectivity index (χ1) is 9.67. The van der Waals surface area contributed by atoms with E-state index in [4.69, 9.17) is 16.6 Å². The molecule has 2 amide bonds. The van der Waals surface area contributed by atoms with Crippen LogP contribution in [0.25, 0.3) is 0 Å². The molecular formula is C13H28N4O3. The van der Waals surface area contributed by atoms with Crippen LogP contribution in [0.2, 0.25) is 0 Å². The van der Waals surface area contributed by atoms with E-state index >= 15 is 0 Å². The van der Waals surface area contributed by atoms with E-state index in [9.17, 15) is 9.59 Å². The highest BCUT2D eigenvalue weighted by molar-refractivity contribution is 6.00. The number of nitrogens with one attached hydrogen (secondary N) is 2. The van der Waals surface area contributed by atoms with Crippen LogP contribution < -0.4 is 22.1 Å². The van der Waals surface area contributed by atoms with Gasteiger partial charge in [-0.15, -0.1) is 0 Å². The van der Waals surface area contributed by atoms with Crippen LogP contribution in [-0.2, 0) is 9.59 Å². The minimum atomic E-state index is -0.692. The third-order valence-corrected chi connectivity index (χ3v) is 2.92. The summed E-state index contributed by atoms with van der Waals surface area (Å²) in [5.74, 6) is -1.26. The topological polar surface area (TPSA) is 130 Å². The molecule has 0 aliphatic heterocycles. The lowest BCUT2D eigenvalue weighted by molar-refractivity contribution is -0.135. The first-order valence-electron chi connectivity index (χ1n) is 7.23. The molecule has 0 bridgehead atoms. The Balaban J connectivity index is 4.23. The molecular weight excluding hydrogens is 260 g/mol. The van der Waals surface area contributed by atoms with Crippen LogP contribution in [0.3, 0.4) is 0 Å². The second-order valence-electron chi connectivity index (χ2n) is 4.64. The maximum Gasteiger partial charge on any atom is 0.232 e. The van der Waals surface area contributed by atoms with Crippen LogP contribution in [0.15, 0.2) is 0 Å². The Hall–Kier alpha value is -1.18. The van der Waals surface area contributed by atoms with E-state index in [1.54, 1.807) is 0 Å². The fourth-order valence-electron chi connectivity index (χ4n) is 1.83. The summed E-state index contributed by atoms with van der Waals surface area (Å²) in [4.78, 5) is 23.9. The molecule has 0 spiro atoms. The lowest BCUT2D eigenvalue weighted by Crippen LogP contribution is -2.43. The van der Waals surface area contributed by atoms with Crippen molar-refractivity contribution in [1.82, 2.24) is 10.6 Å². The van der Waals surface area contributed by atoms with Gasteiger partial charge in [-0.05, 0) is 12.8 Å². The number of aliphatic hydroxyl groups excluding tert-OH is 1. The molecule has 0 aliphatic carbocycles. The highest BCUT2D eigenvalue weighted by Gasteiger charge is 2.25. The Bertz CT molecular complexity index is 254. The minimum absolute atomic E-state index is 0.178. The Labute approximate surface area is 120 Å². The fraction of sp³-hybridized carbons (Fsp3) is 0.846. The smallest absolute Gasteiger partial charge is 0.232 e. The molecule has 0 rings (SSSR count). The quantitative estimate of drug-likeness (QED) is 0.225. The number of carbonyl (C=O) groups is 2. The van der Waals surface area contributed by atoms with Crippen molar-refractivity contribution >= 4 is 11.8 Å². The summed E-state index contributed by atoms with van der Waals surface area (Å²) in [7, 11) is 0. The molecule has 0 radical (unpaired) electrons. The van der Waals surface area contributed by atoms with Crippen molar-refractivity contribution in [2.75, 3.05) is 32.8 Å². The van der Waals surface area contributed by atoms with Gasteiger partial charge in [0.15, 0.2) is 0 Å². The highest BCUT2D eigenvalue weighted by Crippen LogP contribution is 2.11. The zero-order valence-corrected chi connectivity index (χ0v) is 12.1. The molecule has 0 unspecified atom stereocenters. The van der Waals surface area contributed by atoms with Crippen LogP contribution in [0.1, 0.15) is 32.1 Å². The molecule has 118 valence electrons. The summed E-state index contributed by atoms with van der Waals surface area (Å²) in [6.45, 7) is 1.60. The second kappa shape index (κ2) is 12.8. The summed E-state index contributed by atoms with van der Waals surface area (Å²) in [5, 5.41) is 14.0. The lowest BCUT2D eigenvalue weighted by atomic mass is 9.98. The molecule has 0 aromatic carbocycles. The molecule has 0 fully saturated rings. The number of aliphatic hydroxyl groups is 1. The van der Waals surface area contributed by atoms with Crippen molar-refractivity contribution in [3.63, 3.8) is 0 Å². The second-order valence-corrected chi connectivity index (χ2v) is 4.64. The Kier molecular flexibility index (Phi) is 12.1. The average molecular weight is 288 g/mol. The summed E-state index contributed by atoms with van der Waals surface area (Å²) in [6, 6.07) is 0. The predicted molar refractivity (Wildman–Crippen MR) is 77.8 cm³/mol. The van der Waals surface area contributed by atoms with Gasteiger partial charge in [-0.25, -0.2) is 0 Å². The van der Waals surface area contributed by atoms with Crippen molar-refractivity contribution < 1.29 is 14.7 Å². The molecule has 0 aliphatic rings. The first kappa shape index (κ1) is 18.8. The summed E-state index contributed by atoms with van der Waals surface area (Å²) < 4.78 is 0. The molecule has 0 saturated heterocycles. The van der Waals surface area contributed by atoms with Crippen molar-refractivity contribution in [2.24, 2.45) is 17.4 Å². The highest BCUT2D eigenvalue weighted by atomic mass is 16.3. The monoisotopic (exact) mass is 288 g/mol. The van der Waals surface area contributed by atoms with Crippen LogP contribution in [0.5, 0.6) is 0 Å². The number of carbonyl (C=O) groups excluding carboxylic acids is 2. The van der Waals surface area contributed by atoms with Gasteiger partial charge in [0.25, 0.3) is 0 Å². The molecule has 20 heavy (non-hydrogen) atoms. The van der Waals surface area contributed by atoms with Crippen molar-refractivity contribution in [1.29, 1.82) is 0 Å². The maximum absolute atomic E-state index is 11.9.